The van der Waals surface area contributed by atoms with Crippen LogP contribution in [0.5, 0.6) is 11.5 Å². The first-order valence-electron chi connectivity index (χ1n) is 9.89. The first kappa shape index (κ1) is 20.6. The number of carbonyl (C=O) groups is 1. The Morgan fingerprint density at radius 2 is 1.87 bits per heavy atom. The van der Waals surface area contributed by atoms with Gasteiger partial charge in [-0.3, -0.25) is 9.69 Å². The van der Waals surface area contributed by atoms with Crippen molar-refractivity contribution in [3.8, 4) is 11.5 Å². The van der Waals surface area contributed by atoms with E-state index in [0.717, 1.165) is 24.2 Å². The summed E-state index contributed by atoms with van der Waals surface area (Å²) in [5.74, 6) is 1.22. The maximum Gasteiger partial charge on any atom is 0.243 e. The molecule has 0 aromatic heterocycles. The van der Waals surface area contributed by atoms with Crippen molar-refractivity contribution in [3.05, 3.63) is 48.0 Å². The molecule has 2 aliphatic heterocycles. The standard InChI is InChI=1S/C21H25N3O5S/c1-23(13-16-7-8-19-20(11-16)29-15-28-19)14-21(25)22-17-5-4-6-18(12-17)30(26,27)24-9-2-3-10-24/h4-8,11-12H,2-3,9-10,13-15H2,1H3,(H,22,25). The first-order chi connectivity index (χ1) is 14.4. The average Bonchev–Trinajstić information content (AvgIpc) is 3.40. The lowest BCUT2D eigenvalue weighted by atomic mass is 10.2. The van der Waals surface area contributed by atoms with E-state index in [-0.39, 0.29) is 24.1 Å². The largest absolute Gasteiger partial charge is 0.454 e. The van der Waals surface area contributed by atoms with Crippen LogP contribution in [-0.2, 0) is 21.4 Å². The van der Waals surface area contributed by atoms with Crippen molar-refractivity contribution in [3.63, 3.8) is 0 Å². The normalized spacial score (nSPS) is 16.2. The van der Waals surface area contributed by atoms with Gasteiger partial charge >= 0.3 is 0 Å². The highest BCUT2D eigenvalue weighted by molar-refractivity contribution is 7.89. The zero-order chi connectivity index (χ0) is 21.1. The van der Waals surface area contributed by atoms with Crippen LogP contribution in [0.1, 0.15) is 18.4 Å². The minimum atomic E-state index is -3.52. The number of nitrogens with one attached hydrogen (secondary N) is 1. The topological polar surface area (TPSA) is 88.2 Å². The Balaban J connectivity index is 1.35. The van der Waals surface area contributed by atoms with Gasteiger partial charge in [-0.1, -0.05) is 12.1 Å². The van der Waals surface area contributed by atoms with Crippen LogP contribution in [0.15, 0.2) is 47.4 Å². The molecule has 0 aliphatic carbocycles. The summed E-state index contributed by atoms with van der Waals surface area (Å²) in [7, 11) is -1.67. The molecule has 2 aromatic carbocycles. The Morgan fingerprint density at radius 3 is 2.67 bits per heavy atom. The van der Waals surface area contributed by atoms with E-state index in [1.807, 2.05) is 30.1 Å². The summed E-state index contributed by atoms with van der Waals surface area (Å²) >= 11 is 0. The van der Waals surface area contributed by atoms with E-state index in [1.165, 1.54) is 10.4 Å². The third kappa shape index (κ3) is 4.58. The quantitative estimate of drug-likeness (QED) is 0.724. The molecule has 0 atom stereocenters. The average molecular weight is 432 g/mol. The second-order valence-electron chi connectivity index (χ2n) is 7.55. The molecule has 0 unspecified atom stereocenters. The number of hydrogen-bond acceptors (Lipinski definition) is 6. The van der Waals surface area contributed by atoms with Gasteiger partial charge in [-0.05, 0) is 55.8 Å². The molecule has 1 fully saturated rings. The number of benzene rings is 2. The summed E-state index contributed by atoms with van der Waals surface area (Å²) in [6.45, 7) is 2.04. The molecule has 1 amide bonds. The summed E-state index contributed by atoms with van der Waals surface area (Å²) in [5, 5.41) is 2.80. The van der Waals surface area contributed by atoms with Gasteiger partial charge in [0.15, 0.2) is 11.5 Å². The molecule has 2 aromatic rings. The number of ether oxygens (including phenoxy) is 2. The zero-order valence-electron chi connectivity index (χ0n) is 16.8. The van der Waals surface area contributed by atoms with Crippen molar-refractivity contribution in [1.29, 1.82) is 0 Å². The highest BCUT2D eigenvalue weighted by Crippen LogP contribution is 2.32. The fourth-order valence-corrected chi connectivity index (χ4v) is 5.23. The zero-order valence-corrected chi connectivity index (χ0v) is 17.7. The SMILES string of the molecule is CN(CC(=O)Nc1cccc(S(=O)(=O)N2CCCC2)c1)Cc1ccc2c(c1)OCO2. The minimum Gasteiger partial charge on any atom is -0.454 e. The van der Waals surface area contributed by atoms with Crippen LogP contribution in [0.4, 0.5) is 5.69 Å². The lowest BCUT2D eigenvalue weighted by Crippen LogP contribution is -2.30. The molecule has 160 valence electrons. The summed E-state index contributed by atoms with van der Waals surface area (Å²) in [4.78, 5) is 14.5. The number of rotatable bonds is 7. The van der Waals surface area contributed by atoms with Crippen LogP contribution >= 0.6 is 0 Å². The third-order valence-electron chi connectivity index (χ3n) is 5.12. The van der Waals surface area contributed by atoms with Gasteiger partial charge < -0.3 is 14.8 Å². The molecule has 30 heavy (non-hydrogen) atoms. The summed E-state index contributed by atoms with van der Waals surface area (Å²) in [5.41, 5.74) is 1.48. The highest BCUT2D eigenvalue weighted by Gasteiger charge is 2.27. The van der Waals surface area contributed by atoms with E-state index in [9.17, 15) is 13.2 Å². The molecule has 0 saturated carbocycles. The van der Waals surface area contributed by atoms with E-state index in [0.29, 0.717) is 31.1 Å². The molecule has 0 bridgehead atoms. The van der Waals surface area contributed by atoms with Crippen molar-refractivity contribution >= 4 is 21.6 Å². The maximum atomic E-state index is 12.7. The molecule has 0 radical (unpaired) electrons. The number of sulfonamides is 1. The predicted molar refractivity (Wildman–Crippen MR) is 112 cm³/mol. The number of amides is 1. The van der Waals surface area contributed by atoms with E-state index in [1.54, 1.807) is 18.2 Å². The van der Waals surface area contributed by atoms with E-state index >= 15 is 0 Å². The Labute approximate surface area is 176 Å². The van der Waals surface area contributed by atoms with Crippen molar-refractivity contribution in [2.45, 2.75) is 24.3 Å². The van der Waals surface area contributed by atoms with Gasteiger partial charge in [0.05, 0.1) is 11.4 Å². The number of hydrogen-bond donors (Lipinski definition) is 1. The Bertz CT molecular complexity index is 1030. The molecule has 1 N–H and O–H groups in total. The van der Waals surface area contributed by atoms with E-state index < -0.39 is 10.0 Å². The van der Waals surface area contributed by atoms with Crippen LogP contribution < -0.4 is 14.8 Å². The lowest BCUT2D eigenvalue weighted by Gasteiger charge is -2.18. The van der Waals surface area contributed by atoms with E-state index in [2.05, 4.69) is 5.32 Å². The molecular formula is C21H25N3O5S. The number of fused-ring (bicyclic) bond motifs is 1. The molecule has 9 heteroatoms. The maximum absolute atomic E-state index is 12.7. The van der Waals surface area contributed by atoms with Crippen LogP contribution in [-0.4, -0.2) is 57.0 Å². The second kappa shape index (κ2) is 8.63. The molecule has 4 rings (SSSR count). The fourth-order valence-electron chi connectivity index (χ4n) is 3.66. The number of nitrogens with zero attached hydrogens (tertiary/aromatic N) is 2. The first-order valence-corrected chi connectivity index (χ1v) is 11.3. The minimum absolute atomic E-state index is 0.164. The Morgan fingerprint density at radius 1 is 1.10 bits per heavy atom. The van der Waals surface area contributed by atoms with Crippen molar-refractivity contribution in [2.24, 2.45) is 0 Å². The molecule has 0 spiro atoms. The monoisotopic (exact) mass is 431 g/mol. The van der Waals surface area contributed by atoms with Crippen molar-refractivity contribution < 1.29 is 22.7 Å². The van der Waals surface area contributed by atoms with Gasteiger partial charge in [0.1, 0.15) is 0 Å². The number of anilines is 1. The van der Waals surface area contributed by atoms with Gasteiger partial charge in [0.25, 0.3) is 0 Å². The fraction of sp³-hybridized carbons (Fsp3) is 0.381. The van der Waals surface area contributed by atoms with Gasteiger partial charge in [-0.15, -0.1) is 0 Å². The number of likely N-dealkylation sites (N-methyl/N-ethyl adjacent to an activating group) is 1. The number of carbonyl (C=O) groups excluding carboxylic acids is 1. The van der Waals surface area contributed by atoms with Gasteiger partial charge in [-0.25, -0.2) is 8.42 Å². The van der Waals surface area contributed by atoms with Crippen molar-refractivity contribution in [2.75, 3.05) is 38.8 Å². The molecule has 2 heterocycles. The van der Waals surface area contributed by atoms with Crippen LogP contribution in [0.2, 0.25) is 0 Å². The molecule has 8 nitrogen and oxygen atoms in total. The van der Waals surface area contributed by atoms with Crippen LogP contribution in [0, 0.1) is 0 Å². The van der Waals surface area contributed by atoms with E-state index in [4.69, 9.17) is 9.47 Å². The summed E-state index contributed by atoms with van der Waals surface area (Å²) in [6.07, 6.45) is 1.76. The molecule has 1 saturated heterocycles. The van der Waals surface area contributed by atoms with Crippen molar-refractivity contribution in [1.82, 2.24) is 9.21 Å². The second-order valence-corrected chi connectivity index (χ2v) is 9.49. The molecular weight excluding hydrogens is 406 g/mol. The Hall–Kier alpha value is -2.62. The highest BCUT2D eigenvalue weighted by atomic mass is 32.2. The van der Waals surface area contributed by atoms with Crippen LogP contribution in [0.25, 0.3) is 0 Å². The third-order valence-corrected chi connectivity index (χ3v) is 7.02. The van der Waals surface area contributed by atoms with Gasteiger partial charge in [0.2, 0.25) is 22.7 Å². The smallest absolute Gasteiger partial charge is 0.243 e. The van der Waals surface area contributed by atoms with Gasteiger partial charge in [0, 0.05) is 25.3 Å². The molecule has 2 aliphatic rings. The summed E-state index contributed by atoms with van der Waals surface area (Å²) < 4.78 is 37.6. The van der Waals surface area contributed by atoms with Crippen LogP contribution in [0.3, 0.4) is 0 Å². The van der Waals surface area contributed by atoms with Gasteiger partial charge in [-0.2, -0.15) is 4.31 Å². The predicted octanol–water partition coefficient (Wildman–Crippen LogP) is 2.27. The lowest BCUT2D eigenvalue weighted by molar-refractivity contribution is -0.117. The Kier molecular flexibility index (Phi) is 5.94. The summed E-state index contributed by atoms with van der Waals surface area (Å²) in [6, 6.07) is 12.1.